The Morgan fingerprint density at radius 1 is 1.32 bits per heavy atom. The van der Waals surface area contributed by atoms with E-state index in [-0.39, 0.29) is 18.4 Å². The first-order chi connectivity index (χ1) is 10.4. The fourth-order valence-corrected chi connectivity index (χ4v) is 1.91. The van der Waals surface area contributed by atoms with Gasteiger partial charge in [0, 0.05) is 19.3 Å². The van der Waals surface area contributed by atoms with Crippen molar-refractivity contribution in [3.8, 4) is 5.75 Å². The zero-order chi connectivity index (χ0) is 16.3. The summed E-state index contributed by atoms with van der Waals surface area (Å²) in [7, 11) is 1.63. The van der Waals surface area contributed by atoms with Crippen molar-refractivity contribution >= 4 is 29.1 Å². The minimum atomic E-state index is -0.744. The summed E-state index contributed by atoms with van der Waals surface area (Å²) >= 11 is 0. The van der Waals surface area contributed by atoms with E-state index in [1.54, 1.807) is 25.2 Å². The number of carbonyl (C=O) groups excluding carboxylic acids is 3. The molecule has 3 amide bonds. The molecule has 0 unspecified atom stereocenters. The fourth-order valence-electron chi connectivity index (χ4n) is 1.91. The standard InChI is InChI=1S/C15H19N3O4/c1-9(2)7-16-14(20)15(21)17-10-4-5-12-11(6-10)18(3)13(19)8-22-12/h4-6,9H,7-8H2,1-3H3,(H,16,20)(H,17,21). The first kappa shape index (κ1) is 15.8. The predicted octanol–water partition coefficient (Wildman–Crippen LogP) is 0.752. The maximum absolute atomic E-state index is 11.8. The van der Waals surface area contributed by atoms with Crippen LogP contribution in [0.3, 0.4) is 0 Å². The zero-order valence-corrected chi connectivity index (χ0v) is 12.8. The Bertz CT molecular complexity index is 613. The highest BCUT2D eigenvalue weighted by Gasteiger charge is 2.23. The highest BCUT2D eigenvalue weighted by molar-refractivity contribution is 6.39. The predicted molar refractivity (Wildman–Crippen MR) is 81.8 cm³/mol. The summed E-state index contributed by atoms with van der Waals surface area (Å²) in [5, 5.41) is 5.05. The van der Waals surface area contributed by atoms with E-state index in [1.165, 1.54) is 4.90 Å². The number of nitrogens with zero attached hydrogens (tertiary/aromatic N) is 1. The number of ether oxygens (including phenoxy) is 1. The lowest BCUT2D eigenvalue weighted by molar-refractivity contribution is -0.136. The Morgan fingerprint density at radius 2 is 2.05 bits per heavy atom. The van der Waals surface area contributed by atoms with E-state index in [2.05, 4.69) is 10.6 Å². The number of fused-ring (bicyclic) bond motifs is 1. The highest BCUT2D eigenvalue weighted by atomic mass is 16.5. The normalized spacial score (nSPS) is 13.5. The van der Waals surface area contributed by atoms with Crippen molar-refractivity contribution in [1.29, 1.82) is 0 Å². The summed E-state index contributed by atoms with van der Waals surface area (Å²) in [6.45, 7) is 4.30. The molecule has 0 saturated heterocycles. The van der Waals surface area contributed by atoms with Crippen LogP contribution in [-0.2, 0) is 14.4 Å². The third-order valence-corrected chi connectivity index (χ3v) is 3.18. The number of benzene rings is 1. The lowest BCUT2D eigenvalue weighted by atomic mass is 10.2. The van der Waals surface area contributed by atoms with Crippen LogP contribution < -0.4 is 20.3 Å². The van der Waals surface area contributed by atoms with E-state index in [1.807, 2.05) is 13.8 Å². The number of carbonyl (C=O) groups is 3. The van der Waals surface area contributed by atoms with Crippen molar-refractivity contribution in [1.82, 2.24) is 5.32 Å². The maximum Gasteiger partial charge on any atom is 0.313 e. The molecule has 7 nitrogen and oxygen atoms in total. The molecule has 1 aliphatic heterocycles. The van der Waals surface area contributed by atoms with Crippen molar-refractivity contribution in [3.63, 3.8) is 0 Å². The summed E-state index contributed by atoms with van der Waals surface area (Å²) in [5.74, 6) is -0.786. The Morgan fingerprint density at radius 3 is 2.73 bits per heavy atom. The third-order valence-electron chi connectivity index (χ3n) is 3.18. The molecule has 0 atom stereocenters. The molecular formula is C15H19N3O4. The van der Waals surface area contributed by atoms with E-state index >= 15 is 0 Å². The molecular weight excluding hydrogens is 286 g/mol. The van der Waals surface area contributed by atoms with Crippen LogP contribution in [0.5, 0.6) is 5.75 Å². The van der Waals surface area contributed by atoms with Gasteiger partial charge in [-0.05, 0) is 24.1 Å². The van der Waals surface area contributed by atoms with Crippen LogP contribution >= 0.6 is 0 Å². The average Bonchev–Trinajstić information content (AvgIpc) is 2.49. The number of anilines is 2. The molecule has 0 aliphatic carbocycles. The molecule has 7 heteroatoms. The van der Waals surface area contributed by atoms with Gasteiger partial charge in [-0.1, -0.05) is 13.8 Å². The van der Waals surface area contributed by atoms with E-state index in [9.17, 15) is 14.4 Å². The number of hydrogen-bond acceptors (Lipinski definition) is 4. The van der Waals surface area contributed by atoms with E-state index in [0.29, 0.717) is 23.7 Å². The fraction of sp³-hybridized carbons (Fsp3) is 0.400. The molecule has 0 fully saturated rings. The zero-order valence-electron chi connectivity index (χ0n) is 12.8. The molecule has 0 radical (unpaired) electrons. The lowest BCUT2D eigenvalue weighted by Gasteiger charge is -2.26. The molecule has 1 heterocycles. The number of hydrogen-bond donors (Lipinski definition) is 2. The van der Waals surface area contributed by atoms with Gasteiger partial charge in [-0.3, -0.25) is 14.4 Å². The van der Waals surface area contributed by atoms with Gasteiger partial charge >= 0.3 is 11.8 Å². The molecule has 1 aromatic rings. The summed E-state index contributed by atoms with van der Waals surface area (Å²) < 4.78 is 5.30. The molecule has 0 spiro atoms. The molecule has 0 bridgehead atoms. The van der Waals surface area contributed by atoms with Crippen molar-refractivity contribution in [2.24, 2.45) is 5.92 Å². The summed E-state index contributed by atoms with van der Waals surface area (Å²) in [4.78, 5) is 36.5. The van der Waals surface area contributed by atoms with Gasteiger partial charge in [0.05, 0.1) is 5.69 Å². The third kappa shape index (κ3) is 3.55. The first-order valence-corrected chi connectivity index (χ1v) is 7.01. The number of likely N-dealkylation sites (N-methyl/N-ethyl adjacent to an activating group) is 1. The Labute approximate surface area is 128 Å². The molecule has 1 aliphatic rings. The molecule has 0 saturated carbocycles. The molecule has 0 aromatic heterocycles. The molecule has 22 heavy (non-hydrogen) atoms. The Hall–Kier alpha value is -2.57. The van der Waals surface area contributed by atoms with Crippen LogP contribution in [0.15, 0.2) is 18.2 Å². The van der Waals surface area contributed by atoms with Crippen molar-refractivity contribution in [2.75, 3.05) is 30.4 Å². The van der Waals surface area contributed by atoms with E-state index < -0.39 is 11.8 Å². The van der Waals surface area contributed by atoms with Gasteiger partial charge in [-0.15, -0.1) is 0 Å². The second-order valence-corrected chi connectivity index (χ2v) is 5.48. The number of nitrogens with one attached hydrogen (secondary N) is 2. The molecule has 2 rings (SSSR count). The SMILES string of the molecule is CC(C)CNC(=O)C(=O)Nc1ccc2c(c1)N(C)C(=O)CO2. The number of rotatable bonds is 3. The van der Waals surface area contributed by atoms with Crippen molar-refractivity contribution in [2.45, 2.75) is 13.8 Å². The Balaban J connectivity index is 2.06. The van der Waals surface area contributed by atoms with Crippen LogP contribution in [0.25, 0.3) is 0 Å². The van der Waals surface area contributed by atoms with E-state index in [4.69, 9.17) is 4.74 Å². The largest absolute Gasteiger partial charge is 0.482 e. The monoisotopic (exact) mass is 305 g/mol. The van der Waals surface area contributed by atoms with Crippen LogP contribution in [-0.4, -0.2) is 37.9 Å². The topological polar surface area (TPSA) is 87.7 Å². The van der Waals surface area contributed by atoms with Crippen molar-refractivity contribution < 1.29 is 19.1 Å². The van der Waals surface area contributed by atoms with Crippen molar-refractivity contribution in [3.05, 3.63) is 18.2 Å². The summed E-state index contributed by atoms with van der Waals surface area (Å²) in [5.41, 5.74) is 0.977. The minimum absolute atomic E-state index is 0.00713. The lowest BCUT2D eigenvalue weighted by Crippen LogP contribution is -2.37. The van der Waals surface area contributed by atoms with Gasteiger partial charge in [0.25, 0.3) is 5.91 Å². The smallest absolute Gasteiger partial charge is 0.313 e. The van der Waals surface area contributed by atoms with Crippen LogP contribution in [0.2, 0.25) is 0 Å². The summed E-state index contributed by atoms with van der Waals surface area (Å²) in [6.07, 6.45) is 0. The van der Waals surface area contributed by atoms with Crippen LogP contribution in [0.1, 0.15) is 13.8 Å². The quantitative estimate of drug-likeness (QED) is 0.807. The van der Waals surface area contributed by atoms with Gasteiger partial charge < -0.3 is 20.3 Å². The highest BCUT2D eigenvalue weighted by Crippen LogP contribution is 2.33. The van der Waals surface area contributed by atoms with Gasteiger partial charge in [-0.2, -0.15) is 0 Å². The number of amides is 3. The second kappa shape index (κ2) is 6.46. The molecule has 118 valence electrons. The maximum atomic E-state index is 11.8. The van der Waals surface area contributed by atoms with Gasteiger partial charge in [0.2, 0.25) is 0 Å². The van der Waals surface area contributed by atoms with E-state index in [0.717, 1.165) is 0 Å². The van der Waals surface area contributed by atoms with Gasteiger partial charge in [0.15, 0.2) is 6.61 Å². The average molecular weight is 305 g/mol. The van der Waals surface area contributed by atoms with Gasteiger partial charge in [0.1, 0.15) is 5.75 Å². The molecule has 2 N–H and O–H groups in total. The first-order valence-electron chi connectivity index (χ1n) is 7.01. The molecule has 1 aromatic carbocycles. The minimum Gasteiger partial charge on any atom is -0.482 e. The van der Waals surface area contributed by atoms with Gasteiger partial charge in [-0.25, -0.2) is 0 Å². The van der Waals surface area contributed by atoms with Crippen LogP contribution in [0, 0.1) is 5.92 Å². The van der Waals surface area contributed by atoms with Crippen LogP contribution in [0.4, 0.5) is 11.4 Å². The summed E-state index contributed by atoms with van der Waals surface area (Å²) in [6, 6.07) is 4.87. The second-order valence-electron chi connectivity index (χ2n) is 5.48. The Kier molecular flexibility index (Phi) is 4.65.